The number of rotatable bonds is 6. The molecule has 3 amide bonds. The van der Waals surface area contributed by atoms with Gasteiger partial charge in [0.25, 0.3) is 0 Å². The van der Waals surface area contributed by atoms with Gasteiger partial charge in [0.05, 0.1) is 0 Å². The molecule has 0 aliphatic carbocycles. The van der Waals surface area contributed by atoms with Gasteiger partial charge in [0.1, 0.15) is 24.2 Å². The summed E-state index contributed by atoms with van der Waals surface area (Å²) in [5.74, 6) is -0.131. The van der Waals surface area contributed by atoms with E-state index in [-0.39, 0.29) is 18.5 Å². The SMILES string of the molecule is C[C@@H]1CC[C@@H](NC(N)=O)C(=O)N1Cc1cc(OCc2ccccc2)ccc1F. The zero-order valence-electron chi connectivity index (χ0n) is 15.7. The summed E-state index contributed by atoms with van der Waals surface area (Å²) in [6, 6.07) is 12.7. The fourth-order valence-corrected chi connectivity index (χ4v) is 3.33. The molecule has 28 heavy (non-hydrogen) atoms. The molecule has 0 unspecified atom stereocenters. The Morgan fingerprint density at radius 2 is 2.00 bits per heavy atom. The third-order valence-electron chi connectivity index (χ3n) is 4.91. The van der Waals surface area contributed by atoms with Gasteiger partial charge in [-0.3, -0.25) is 4.79 Å². The maximum Gasteiger partial charge on any atom is 0.312 e. The number of carbonyl (C=O) groups excluding carboxylic acids is 2. The lowest BCUT2D eigenvalue weighted by molar-refractivity contribution is -0.139. The molecule has 0 spiro atoms. The normalized spacial score (nSPS) is 19.4. The van der Waals surface area contributed by atoms with Crippen LogP contribution in [0.4, 0.5) is 9.18 Å². The zero-order chi connectivity index (χ0) is 20.1. The van der Waals surface area contributed by atoms with E-state index in [1.165, 1.54) is 6.07 Å². The number of benzene rings is 2. The lowest BCUT2D eigenvalue weighted by atomic mass is 9.97. The van der Waals surface area contributed by atoms with Gasteiger partial charge in [-0.25, -0.2) is 9.18 Å². The van der Waals surface area contributed by atoms with Gasteiger partial charge in [0.2, 0.25) is 5.91 Å². The Morgan fingerprint density at radius 1 is 1.25 bits per heavy atom. The van der Waals surface area contributed by atoms with Crippen LogP contribution in [-0.4, -0.2) is 28.9 Å². The summed E-state index contributed by atoms with van der Waals surface area (Å²) in [4.78, 5) is 25.4. The Morgan fingerprint density at radius 3 is 2.71 bits per heavy atom. The number of amides is 3. The molecule has 148 valence electrons. The first-order valence-corrected chi connectivity index (χ1v) is 9.25. The van der Waals surface area contributed by atoms with Gasteiger partial charge < -0.3 is 20.7 Å². The minimum atomic E-state index is -0.740. The van der Waals surface area contributed by atoms with Crippen LogP contribution in [0, 0.1) is 5.82 Å². The third-order valence-corrected chi connectivity index (χ3v) is 4.91. The number of hydrogen-bond acceptors (Lipinski definition) is 3. The van der Waals surface area contributed by atoms with Crippen molar-refractivity contribution >= 4 is 11.9 Å². The maximum absolute atomic E-state index is 14.4. The molecule has 6 nitrogen and oxygen atoms in total. The number of likely N-dealkylation sites (tertiary alicyclic amines) is 1. The molecule has 7 heteroatoms. The Kier molecular flexibility index (Phi) is 6.13. The maximum atomic E-state index is 14.4. The highest BCUT2D eigenvalue weighted by molar-refractivity contribution is 5.87. The minimum absolute atomic E-state index is 0.0632. The van der Waals surface area contributed by atoms with Gasteiger partial charge in [-0.15, -0.1) is 0 Å². The Bertz CT molecular complexity index is 844. The van der Waals surface area contributed by atoms with E-state index in [2.05, 4.69) is 5.32 Å². The number of hydrogen-bond donors (Lipinski definition) is 2. The van der Waals surface area contributed by atoms with Crippen LogP contribution in [-0.2, 0) is 17.9 Å². The topological polar surface area (TPSA) is 84.7 Å². The van der Waals surface area contributed by atoms with Gasteiger partial charge in [-0.1, -0.05) is 30.3 Å². The molecule has 0 radical (unpaired) electrons. The van der Waals surface area contributed by atoms with E-state index in [4.69, 9.17) is 10.5 Å². The number of nitrogens with one attached hydrogen (secondary N) is 1. The highest BCUT2D eigenvalue weighted by Gasteiger charge is 2.34. The molecule has 0 bridgehead atoms. The molecule has 3 N–H and O–H groups in total. The smallest absolute Gasteiger partial charge is 0.312 e. The Balaban J connectivity index is 1.71. The molecule has 1 fully saturated rings. The summed E-state index contributed by atoms with van der Waals surface area (Å²) < 4.78 is 20.1. The second kappa shape index (κ2) is 8.73. The number of nitrogens with two attached hydrogens (primary N) is 1. The zero-order valence-corrected chi connectivity index (χ0v) is 15.7. The van der Waals surface area contributed by atoms with Crippen LogP contribution < -0.4 is 15.8 Å². The molecule has 1 saturated heterocycles. The lowest BCUT2D eigenvalue weighted by Crippen LogP contribution is -2.55. The average molecular weight is 385 g/mol. The summed E-state index contributed by atoms with van der Waals surface area (Å²) in [6.07, 6.45) is 1.21. The molecule has 2 atom stereocenters. The van der Waals surface area contributed by atoms with Crippen molar-refractivity contribution in [3.63, 3.8) is 0 Å². The van der Waals surface area contributed by atoms with E-state index in [0.29, 0.717) is 30.8 Å². The third kappa shape index (κ3) is 4.79. The number of carbonyl (C=O) groups is 2. The van der Waals surface area contributed by atoms with Crippen LogP contribution in [0.5, 0.6) is 5.75 Å². The van der Waals surface area contributed by atoms with Crippen molar-refractivity contribution in [2.24, 2.45) is 5.73 Å². The van der Waals surface area contributed by atoms with E-state index in [0.717, 1.165) is 5.56 Å². The number of piperidine rings is 1. The summed E-state index contributed by atoms with van der Waals surface area (Å²) in [7, 11) is 0. The number of halogens is 1. The van der Waals surface area contributed by atoms with Crippen LogP contribution in [0.2, 0.25) is 0 Å². The monoisotopic (exact) mass is 385 g/mol. The molecule has 1 aliphatic rings. The number of ether oxygens (including phenoxy) is 1. The molecule has 0 saturated carbocycles. The molecule has 2 aromatic carbocycles. The molecular formula is C21H24FN3O3. The van der Waals surface area contributed by atoms with Gasteiger partial charge in [-0.05, 0) is 43.5 Å². The standard InChI is InChI=1S/C21H24FN3O3/c1-14-7-10-19(24-21(23)27)20(26)25(14)12-16-11-17(8-9-18(16)22)28-13-15-5-3-2-4-6-15/h2-6,8-9,11,14,19H,7,10,12-13H2,1H3,(H3,23,24,27)/t14-,19-/m1/s1. The summed E-state index contributed by atoms with van der Waals surface area (Å²) in [6.45, 7) is 2.38. The number of primary amides is 1. The van der Waals surface area contributed by atoms with Gasteiger partial charge in [-0.2, -0.15) is 0 Å². The predicted octanol–water partition coefficient (Wildman–Crippen LogP) is 2.95. The average Bonchev–Trinajstić information content (AvgIpc) is 2.68. The molecule has 0 aromatic heterocycles. The summed E-state index contributed by atoms with van der Waals surface area (Å²) in [5.41, 5.74) is 6.52. The Hall–Kier alpha value is -3.09. The van der Waals surface area contributed by atoms with Crippen molar-refractivity contribution in [3.05, 3.63) is 65.5 Å². The molecule has 3 rings (SSSR count). The molecule has 1 heterocycles. The van der Waals surface area contributed by atoms with Crippen molar-refractivity contribution in [2.75, 3.05) is 0 Å². The first-order chi connectivity index (χ1) is 13.4. The van der Waals surface area contributed by atoms with Crippen LogP contribution in [0.15, 0.2) is 48.5 Å². The van der Waals surface area contributed by atoms with Crippen molar-refractivity contribution < 1.29 is 18.7 Å². The van der Waals surface area contributed by atoms with Crippen LogP contribution in [0.25, 0.3) is 0 Å². The minimum Gasteiger partial charge on any atom is -0.489 e. The lowest BCUT2D eigenvalue weighted by Gasteiger charge is -2.37. The second-order valence-electron chi connectivity index (χ2n) is 6.98. The second-order valence-corrected chi connectivity index (χ2v) is 6.98. The highest BCUT2D eigenvalue weighted by atomic mass is 19.1. The van der Waals surface area contributed by atoms with Crippen molar-refractivity contribution in [1.82, 2.24) is 10.2 Å². The fraction of sp³-hybridized carbons (Fsp3) is 0.333. The van der Waals surface area contributed by atoms with Gasteiger partial charge in [0, 0.05) is 18.2 Å². The quantitative estimate of drug-likeness (QED) is 0.802. The predicted molar refractivity (Wildman–Crippen MR) is 103 cm³/mol. The molecule has 1 aliphatic heterocycles. The van der Waals surface area contributed by atoms with Crippen molar-refractivity contribution in [2.45, 2.75) is 45.0 Å². The van der Waals surface area contributed by atoms with E-state index in [1.807, 2.05) is 37.3 Å². The van der Waals surface area contributed by atoms with Gasteiger partial charge >= 0.3 is 6.03 Å². The van der Waals surface area contributed by atoms with Crippen molar-refractivity contribution in [3.8, 4) is 5.75 Å². The van der Waals surface area contributed by atoms with Crippen LogP contribution in [0.1, 0.15) is 30.9 Å². The van der Waals surface area contributed by atoms with E-state index >= 15 is 0 Å². The number of nitrogens with zero attached hydrogens (tertiary/aromatic N) is 1. The van der Waals surface area contributed by atoms with E-state index < -0.39 is 17.9 Å². The van der Waals surface area contributed by atoms with E-state index in [9.17, 15) is 14.0 Å². The number of urea groups is 1. The first-order valence-electron chi connectivity index (χ1n) is 9.25. The summed E-state index contributed by atoms with van der Waals surface area (Å²) >= 11 is 0. The first kappa shape index (κ1) is 19.7. The summed E-state index contributed by atoms with van der Waals surface area (Å²) in [5, 5.41) is 2.46. The van der Waals surface area contributed by atoms with Crippen LogP contribution >= 0.6 is 0 Å². The molecule has 2 aromatic rings. The van der Waals surface area contributed by atoms with Crippen molar-refractivity contribution in [1.29, 1.82) is 0 Å². The van der Waals surface area contributed by atoms with E-state index in [1.54, 1.807) is 17.0 Å². The van der Waals surface area contributed by atoms with Crippen LogP contribution in [0.3, 0.4) is 0 Å². The fourth-order valence-electron chi connectivity index (χ4n) is 3.33. The van der Waals surface area contributed by atoms with Gasteiger partial charge in [0.15, 0.2) is 0 Å². The molecular weight excluding hydrogens is 361 g/mol. The Labute approximate surface area is 163 Å². The largest absolute Gasteiger partial charge is 0.489 e. The highest BCUT2D eigenvalue weighted by Crippen LogP contribution is 2.25.